The predicted octanol–water partition coefficient (Wildman–Crippen LogP) is 3.67. The second-order valence-corrected chi connectivity index (χ2v) is 7.83. The maximum Gasteiger partial charge on any atom is 0.306 e. The Morgan fingerprint density at radius 3 is 2.86 bits per heavy atom. The van der Waals surface area contributed by atoms with E-state index in [2.05, 4.69) is 0 Å². The number of carbonyl (C=O) groups excluding carboxylic acids is 1. The van der Waals surface area contributed by atoms with Crippen molar-refractivity contribution < 1.29 is 24.5 Å². The molecule has 0 radical (unpaired) electrons. The van der Waals surface area contributed by atoms with E-state index in [0.717, 1.165) is 6.42 Å². The van der Waals surface area contributed by atoms with Gasteiger partial charge in [0.1, 0.15) is 12.4 Å². The van der Waals surface area contributed by atoms with Crippen LogP contribution in [0.3, 0.4) is 0 Å². The molecule has 6 heteroatoms. The highest BCUT2D eigenvalue weighted by atomic mass is 35.5. The van der Waals surface area contributed by atoms with E-state index in [0.29, 0.717) is 36.5 Å². The molecule has 5 atom stereocenters. The van der Waals surface area contributed by atoms with Crippen LogP contribution in [0.15, 0.2) is 48.6 Å². The molecular weight excluding hydrogens is 380 g/mol. The molecule has 1 aliphatic heterocycles. The summed E-state index contributed by atoms with van der Waals surface area (Å²) in [5.74, 6) is 0.0834. The topological polar surface area (TPSA) is 76.0 Å². The number of halogens is 1. The summed E-state index contributed by atoms with van der Waals surface area (Å²) in [4.78, 5) is 12.2. The number of aliphatic hydroxyl groups is 2. The Morgan fingerprint density at radius 2 is 2.04 bits per heavy atom. The molecule has 1 aromatic rings. The molecule has 0 spiro atoms. The Kier molecular flexibility index (Phi) is 7.54. The molecule has 2 aliphatic rings. The van der Waals surface area contributed by atoms with Gasteiger partial charge in [-0.05, 0) is 49.5 Å². The summed E-state index contributed by atoms with van der Waals surface area (Å²) in [5, 5.41) is 21.2. The zero-order chi connectivity index (χ0) is 19.9. The van der Waals surface area contributed by atoms with Crippen LogP contribution in [0.25, 0.3) is 0 Å². The number of ether oxygens (including phenoxy) is 2. The van der Waals surface area contributed by atoms with Crippen LogP contribution in [-0.4, -0.2) is 41.1 Å². The SMILES string of the molecule is O=C1CCC/C=C\CC2C(O)CC(O)C2/C=C/C(COc2cccc(Cl)c2)O1. The van der Waals surface area contributed by atoms with Crippen molar-refractivity contribution in [3.63, 3.8) is 0 Å². The summed E-state index contributed by atoms with van der Waals surface area (Å²) in [6.07, 6.45) is 8.85. The van der Waals surface area contributed by atoms with E-state index in [4.69, 9.17) is 21.1 Å². The van der Waals surface area contributed by atoms with Crippen LogP contribution in [0.2, 0.25) is 5.02 Å². The second-order valence-electron chi connectivity index (χ2n) is 7.39. The molecule has 28 heavy (non-hydrogen) atoms. The lowest BCUT2D eigenvalue weighted by atomic mass is 9.89. The van der Waals surface area contributed by atoms with E-state index in [1.54, 1.807) is 30.3 Å². The van der Waals surface area contributed by atoms with Crippen LogP contribution in [-0.2, 0) is 9.53 Å². The number of fused-ring (bicyclic) bond motifs is 1. The molecule has 3 rings (SSSR count). The van der Waals surface area contributed by atoms with E-state index in [1.165, 1.54) is 0 Å². The number of hydrogen-bond acceptors (Lipinski definition) is 5. The maximum atomic E-state index is 12.2. The van der Waals surface area contributed by atoms with E-state index in [1.807, 2.05) is 18.2 Å². The van der Waals surface area contributed by atoms with Gasteiger partial charge in [-0.15, -0.1) is 0 Å². The van der Waals surface area contributed by atoms with Crippen molar-refractivity contribution in [3.8, 4) is 5.75 Å². The summed E-state index contributed by atoms with van der Waals surface area (Å²) < 4.78 is 11.3. The van der Waals surface area contributed by atoms with Gasteiger partial charge >= 0.3 is 5.97 Å². The summed E-state index contributed by atoms with van der Waals surface area (Å²) in [6, 6.07) is 7.04. The van der Waals surface area contributed by atoms with E-state index >= 15 is 0 Å². The quantitative estimate of drug-likeness (QED) is 0.591. The van der Waals surface area contributed by atoms with Crippen LogP contribution < -0.4 is 4.74 Å². The second kappa shape index (κ2) is 10.1. The normalized spacial score (nSPS) is 33.5. The fraction of sp³-hybridized carbons (Fsp3) is 0.500. The largest absolute Gasteiger partial charge is 0.489 e. The van der Waals surface area contributed by atoms with Gasteiger partial charge in [-0.25, -0.2) is 0 Å². The minimum Gasteiger partial charge on any atom is -0.489 e. The Bertz CT molecular complexity index is 717. The third kappa shape index (κ3) is 5.84. The van der Waals surface area contributed by atoms with Crippen LogP contribution in [0.1, 0.15) is 32.1 Å². The zero-order valence-corrected chi connectivity index (χ0v) is 16.5. The number of esters is 1. The third-order valence-electron chi connectivity index (χ3n) is 5.28. The van der Waals surface area contributed by atoms with Gasteiger partial charge in [0.2, 0.25) is 0 Å². The Labute approximate surface area is 170 Å². The predicted molar refractivity (Wildman–Crippen MR) is 107 cm³/mol. The average molecular weight is 407 g/mol. The number of cyclic esters (lactones) is 1. The first-order valence-electron chi connectivity index (χ1n) is 9.80. The average Bonchev–Trinajstić information content (AvgIpc) is 2.93. The van der Waals surface area contributed by atoms with Gasteiger partial charge in [-0.3, -0.25) is 4.79 Å². The lowest BCUT2D eigenvalue weighted by Gasteiger charge is -2.20. The lowest BCUT2D eigenvalue weighted by Crippen LogP contribution is -2.25. The van der Waals surface area contributed by atoms with Gasteiger partial charge < -0.3 is 19.7 Å². The number of carbonyl (C=O) groups is 1. The Balaban J connectivity index is 1.73. The van der Waals surface area contributed by atoms with Crippen molar-refractivity contribution in [2.24, 2.45) is 11.8 Å². The fourth-order valence-corrected chi connectivity index (χ4v) is 3.97. The van der Waals surface area contributed by atoms with Gasteiger partial charge in [0.05, 0.1) is 12.2 Å². The molecule has 1 fully saturated rings. The van der Waals surface area contributed by atoms with Gasteiger partial charge in [0.15, 0.2) is 6.10 Å². The highest BCUT2D eigenvalue weighted by Crippen LogP contribution is 2.36. The number of aliphatic hydroxyl groups excluding tert-OH is 2. The number of allylic oxidation sites excluding steroid dienone is 2. The lowest BCUT2D eigenvalue weighted by molar-refractivity contribution is -0.148. The zero-order valence-electron chi connectivity index (χ0n) is 15.7. The van der Waals surface area contributed by atoms with Gasteiger partial charge in [-0.2, -0.15) is 0 Å². The molecule has 1 aromatic carbocycles. The van der Waals surface area contributed by atoms with Crippen molar-refractivity contribution in [1.82, 2.24) is 0 Å². The van der Waals surface area contributed by atoms with Crippen molar-refractivity contribution in [1.29, 1.82) is 0 Å². The molecule has 2 N–H and O–H groups in total. The van der Waals surface area contributed by atoms with Crippen molar-refractivity contribution in [2.75, 3.05) is 6.61 Å². The number of benzene rings is 1. The molecule has 152 valence electrons. The molecule has 5 unspecified atom stereocenters. The van der Waals surface area contributed by atoms with Crippen LogP contribution in [0, 0.1) is 11.8 Å². The standard InChI is InChI=1S/C22H27ClO5/c23-15-6-5-7-16(12-15)27-14-17-10-11-19-18(20(24)13-21(19)25)8-3-1-2-4-9-22(26)28-17/h1,3,5-7,10-12,17-21,24-25H,2,4,8-9,13-14H2/b3-1-,11-10+. The third-order valence-corrected chi connectivity index (χ3v) is 5.52. The molecule has 0 amide bonds. The molecule has 1 saturated carbocycles. The monoisotopic (exact) mass is 406 g/mol. The summed E-state index contributed by atoms with van der Waals surface area (Å²) in [7, 11) is 0. The first kappa shape index (κ1) is 20.9. The first-order chi connectivity index (χ1) is 13.5. The Hall–Kier alpha value is -1.82. The summed E-state index contributed by atoms with van der Waals surface area (Å²) in [5.41, 5.74) is 0. The highest BCUT2D eigenvalue weighted by molar-refractivity contribution is 6.30. The van der Waals surface area contributed by atoms with Gasteiger partial charge in [0.25, 0.3) is 0 Å². The van der Waals surface area contributed by atoms with Gasteiger partial charge in [-0.1, -0.05) is 35.9 Å². The van der Waals surface area contributed by atoms with E-state index in [9.17, 15) is 15.0 Å². The van der Waals surface area contributed by atoms with E-state index in [-0.39, 0.29) is 24.4 Å². The minimum atomic E-state index is -0.611. The van der Waals surface area contributed by atoms with Crippen LogP contribution >= 0.6 is 11.6 Å². The molecule has 1 aliphatic carbocycles. The minimum absolute atomic E-state index is 0.0477. The highest BCUT2D eigenvalue weighted by Gasteiger charge is 2.39. The molecular formula is C22H27ClO5. The smallest absolute Gasteiger partial charge is 0.306 e. The summed E-state index contributed by atoms with van der Waals surface area (Å²) >= 11 is 5.98. The van der Waals surface area contributed by atoms with Crippen molar-refractivity contribution in [2.45, 2.75) is 50.4 Å². The Morgan fingerprint density at radius 1 is 1.18 bits per heavy atom. The maximum absolute atomic E-state index is 12.2. The first-order valence-corrected chi connectivity index (χ1v) is 10.2. The molecule has 5 nitrogen and oxygen atoms in total. The van der Waals surface area contributed by atoms with Crippen LogP contribution in [0.4, 0.5) is 0 Å². The number of rotatable bonds is 3. The van der Waals surface area contributed by atoms with Crippen molar-refractivity contribution >= 4 is 17.6 Å². The molecule has 0 bridgehead atoms. The van der Waals surface area contributed by atoms with Gasteiger partial charge in [0, 0.05) is 23.8 Å². The van der Waals surface area contributed by atoms with Crippen LogP contribution in [0.5, 0.6) is 5.75 Å². The summed E-state index contributed by atoms with van der Waals surface area (Å²) in [6.45, 7) is 0.150. The van der Waals surface area contributed by atoms with E-state index < -0.39 is 18.3 Å². The number of hydrogen-bond donors (Lipinski definition) is 2. The van der Waals surface area contributed by atoms with Crippen molar-refractivity contribution in [3.05, 3.63) is 53.6 Å². The molecule has 0 aromatic heterocycles. The molecule has 0 saturated heterocycles. The molecule has 1 heterocycles. The fourth-order valence-electron chi connectivity index (χ4n) is 3.79.